The number of hydrogen-bond acceptors (Lipinski definition) is 2. The summed E-state index contributed by atoms with van der Waals surface area (Å²) >= 11 is 0. The summed E-state index contributed by atoms with van der Waals surface area (Å²) in [6.07, 6.45) is -0.841. The average molecular weight is 207 g/mol. The molecule has 0 saturated carbocycles. The second-order valence-electron chi connectivity index (χ2n) is 3.86. The highest BCUT2D eigenvalue weighted by Crippen LogP contribution is 2.25. The predicted octanol–water partition coefficient (Wildman–Crippen LogP) is 2.45. The molecule has 0 fully saturated rings. The predicted molar refractivity (Wildman–Crippen MR) is 55.6 cm³/mol. The molecule has 0 amide bonds. The van der Waals surface area contributed by atoms with Crippen molar-refractivity contribution in [3.05, 3.63) is 35.6 Å². The fourth-order valence-corrected chi connectivity index (χ4v) is 1.44. The molecule has 0 spiro atoms. The summed E-state index contributed by atoms with van der Waals surface area (Å²) < 4.78 is 13.4. The molecular formula is C12H14FNO. The molecule has 0 radical (unpaired) electrons. The van der Waals surface area contributed by atoms with E-state index < -0.39 is 17.8 Å². The number of hydrogen-bond donors (Lipinski definition) is 1. The molecule has 2 unspecified atom stereocenters. The monoisotopic (exact) mass is 207 g/mol. The summed E-state index contributed by atoms with van der Waals surface area (Å²) in [6.45, 7) is 3.60. The van der Waals surface area contributed by atoms with Crippen LogP contribution in [0.25, 0.3) is 0 Å². The summed E-state index contributed by atoms with van der Waals surface area (Å²) in [7, 11) is 0. The van der Waals surface area contributed by atoms with Gasteiger partial charge in [0, 0.05) is 5.56 Å². The smallest absolute Gasteiger partial charge is 0.127 e. The van der Waals surface area contributed by atoms with Gasteiger partial charge in [0.15, 0.2) is 0 Å². The molecule has 0 heterocycles. The minimum Gasteiger partial charge on any atom is -0.391 e. The van der Waals surface area contributed by atoms with Gasteiger partial charge in [-0.25, -0.2) is 4.39 Å². The largest absolute Gasteiger partial charge is 0.391 e. The van der Waals surface area contributed by atoms with Crippen molar-refractivity contribution in [2.24, 2.45) is 5.92 Å². The first kappa shape index (κ1) is 11.7. The Kier molecular flexibility index (Phi) is 3.81. The van der Waals surface area contributed by atoms with Gasteiger partial charge in [0.25, 0.3) is 0 Å². The Morgan fingerprint density at radius 1 is 1.33 bits per heavy atom. The number of halogens is 1. The van der Waals surface area contributed by atoms with Crippen LogP contribution < -0.4 is 0 Å². The van der Waals surface area contributed by atoms with Gasteiger partial charge in [-0.3, -0.25) is 0 Å². The average Bonchev–Trinajstić information content (AvgIpc) is 2.21. The van der Waals surface area contributed by atoms with Crippen molar-refractivity contribution in [1.29, 1.82) is 5.26 Å². The third-order valence-corrected chi connectivity index (χ3v) is 2.40. The summed E-state index contributed by atoms with van der Waals surface area (Å²) in [6, 6.07) is 8.01. The van der Waals surface area contributed by atoms with E-state index in [0.717, 1.165) is 0 Å². The minimum absolute atomic E-state index is 0.0748. The Bertz CT molecular complexity index is 370. The van der Waals surface area contributed by atoms with Gasteiger partial charge in [-0.05, 0) is 12.0 Å². The highest BCUT2D eigenvalue weighted by atomic mass is 19.1. The zero-order valence-electron chi connectivity index (χ0n) is 8.81. The topological polar surface area (TPSA) is 44.0 Å². The van der Waals surface area contributed by atoms with Crippen LogP contribution in [0.15, 0.2) is 24.3 Å². The Balaban J connectivity index is 3.04. The summed E-state index contributed by atoms with van der Waals surface area (Å²) in [5, 5.41) is 18.7. The van der Waals surface area contributed by atoms with Crippen LogP contribution >= 0.6 is 0 Å². The number of nitriles is 1. The van der Waals surface area contributed by atoms with Crippen LogP contribution in [0, 0.1) is 23.1 Å². The van der Waals surface area contributed by atoms with Crippen molar-refractivity contribution in [1.82, 2.24) is 0 Å². The number of aliphatic hydroxyl groups excluding tert-OH is 1. The summed E-state index contributed by atoms with van der Waals surface area (Å²) in [5.74, 6) is -1.32. The Morgan fingerprint density at radius 3 is 2.40 bits per heavy atom. The molecule has 0 aromatic heterocycles. The maximum absolute atomic E-state index is 13.4. The van der Waals surface area contributed by atoms with Crippen molar-refractivity contribution >= 4 is 0 Å². The SMILES string of the molecule is CC(C)C(O)C(C#N)c1ccccc1F. The van der Waals surface area contributed by atoms with Crippen LogP contribution in [0.2, 0.25) is 0 Å². The first-order chi connectivity index (χ1) is 7.07. The number of benzene rings is 1. The van der Waals surface area contributed by atoms with Crippen molar-refractivity contribution in [2.75, 3.05) is 0 Å². The minimum atomic E-state index is -0.841. The van der Waals surface area contributed by atoms with E-state index in [1.54, 1.807) is 26.0 Å². The molecule has 1 N–H and O–H groups in total. The van der Waals surface area contributed by atoms with Crippen LogP contribution in [0.3, 0.4) is 0 Å². The third-order valence-electron chi connectivity index (χ3n) is 2.40. The van der Waals surface area contributed by atoms with Gasteiger partial charge < -0.3 is 5.11 Å². The first-order valence-electron chi connectivity index (χ1n) is 4.90. The standard InChI is InChI=1S/C12H14FNO/c1-8(2)12(15)10(7-14)9-5-3-4-6-11(9)13/h3-6,8,10,12,15H,1-2H3. The molecule has 3 heteroatoms. The van der Waals surface area contributed by atoms with Crippen LogP contribution in [-0.2, 0) is 0 Å². The molecule has 0 bridgehead atoms. The molecule has 2 atom stereocenters. The summed E-state index contributed by atoms with van der Waals surface area (Å²) in [4.78, 5) is 0. The molecule has 0 aliphatic carbocycles. The van der Waals surface area contributed by atoms with Crippen LogP contribution in [0.5, 0.6) is 0 Å². The molecule has 1 aromatic rings. The lowest BCUT2D eigenvalue weighted by atomic mass is 9.88. The molecule has 0 aliphatic rings. The van der Waals surface area contributed by atoms with Gasteiger partial charge in [-0.1, -0.05) is 32.0 Å². The van der Waals surface area contributed by atoms with E-state index in [2.05, 4.69) is 0 Å². The van der Waals surface area contributed by atoms with Gasteiger partial charge >= 0.3 is 0 Å². The molecule has 2 nitrogen and oxygen atoms in total. The van der Waals surface area contributed by atoms with Crippen molar-refractivity contribution in [3.63, 3.8) is 0 Å². The molecule has 0 aliphatic heterocycles. The summed E-state index contributed by atoms with van der Waals surface area (Å²) in [5.41, 5.74) is 0.265. The van der Waals surface area contributed by atoms with Gasteiger partial charge in [0.05, 0.1) is 12.2 Å². The number of rotatable bonds is 3. The number of nitrogens with zero attached hydrogens (tertiary/aromatic N) is 1. The van der Waals surface area contributed by atoms with Crippen molar-refractivity contribution < 1.29 is 9.50 Å². The van der Waals surface area contributed by atoms with Gasteiger partial charge in [-0.2, -0.15) is 5.26 Å². The quantitative estimate of drug-likeness (QED) is 0.827. The lowest BCUT2D eigenvalue weighted by molar-refractivity contribution is 0.112. The highest BCUT2D eigenvalue weighted by Gasteiger charge is 2.25. The molecule has 80 valence electrons. The maximum atomic E-state index is 13.4. The molecule has 0 saturated heterocycles. The van der Waals surface area contributed by atoms with Gasteiger partial charge in [-0.15, -0.1) is 0 Å². The molecule has 1 aromatic carbocycles. The maximum Gasteiger partial charge on any atom is 0.127 e. The third kappa shape index (κ3) is 2.54. The lowest BCUT2D eigenvalue weighted by Crippen LogP contribution is -2.23. The van der Waals surface area contributed by atoms with E-state index in [1.165, 1.54) is 12.1 Å². The van der Waals surface area contributed by atoms with E-state index >= 15 is 0 Å². The normalized spacial score (nSPS) is 14.7. The zero-order chi connectivity index (χ0) is 11.4. The Morgan fingerprint density at radius 2 is 1.93 bits per heavy atom. The van der Waals surface area contributed by atoms with Crippen molar-refractivity contribution in [2.45, 2.75) is 25.9 Å². The zero-order valence-corrected chi connectivity index (χ0v) is 8.81. The van der Waals surface area contributed by atoms with Gasteiger partial charge in [0.2, 0.25) is 0 Å². The first-order valence-corrected chi connectivity index (χ1v) is 4.90. The fourth-order valence-electron chi connectivity index (χ4n) is 1.44. The Labute approximate surface area is 89.0 Å². The van der Waals surface area contributed by atoms with E-state index in [9.17, 15) is 9.50 Å². The lowest BCUT2D eigenvalue weighted by Gasteiger charge is -2.20. The second-order valence-corrected chi connectivity index (χ2v) is 3.86. The fraction of sp³-hybridized carbons (Fsp3) is 0.417. The second kappa shape index (κ2) is 4.90. The van der Waals surface area contributed by atoms with E-state index in [4.69, 9.17) is 5.26 Å². The molecular weight excluding hydrogens is 193 g/mol. The number of aliphatic hydroxyl groups is 1. The van der Waals surface area contributed by atoms with Crippen LogP contribution in [0.1, 0.15) is 25.3 Å². The van der Waals surface area contributed by atoms with Gasteiger partial charge in [0.1, 0.15) is 11.7 Å². The highest BCUT2D eigenvalue weighted by molar-refractivity contribution is 5.28. The van der Waals surface area contributed by atoms with E-state index in [0.29, 0.717) is 0 Å². The molecule has 1 rings (SSSR count). The van der Waals surface area contributed by atoms with Crippen LogP contribution in [0.4, 0.5) is 4.39 Å². The van der Waals surface area contributed by atoms with E-state index in [1.807, 2.05) is 6.07 Å². The van der Waals surface area contributed by atoms with E-state index in [-0.39, 0.29) is 11.5 Å². The van der Waals surface area contributed by atoms with Crippen molar-refractivity contribution in [3.8, 4) is 6.07 Å². The molecule has 15 heavy (non-hydrogen) atoms. The van der Waals surface area contributed by atoms with Crippen LogP contribution in [-0.4, -0.2) is 11.2 Å². The Hall–Kier alpha value is -1.40.